The minimum absolute atomic E-state index is 0. The number of halogens is 1. The largest absolute Gasteiger partial charge is 0.341 e. The number of carbonyl (C=O) groups is 1. The Balaban J connectivity index is 0.00000280. The maximum Gasteiger partial charge on any atom is 0.225 e. The topological polar surface area (TPSA) is 92.5 Å². The van der Waals surface area contributed by atoms with Crippen LogP contribution in [0.4, 0.5) is 0 Å². The second-order valence-electron chi connectivity index (χ2n) is 7.93. The summed E-state index contributed by atoms with van der Waals surface area (Å²) in [4.78, 5) is 14.4. The molecule has 3 N–H and O–H groups in total. The molecule has 0 bridgehead atoms. The zero-order valence-corrected chi connectivity index (χ0v) is 18.1. The molecular formula is C20H32ClN3O3S. The Labute approximate surface area is 174 Å². The monoisotopic (exact) mass is 429 g/mol. The molecule has 6 nitrogen and oxygen atoms in total. The van der Waals surface area contributed by atoms with Crippen molar-refractivity contribution in [3.63, 3.8) is 0 Å². The van der Waals surface area contributed by atoms with Crippen LogP contribution in [0.3, 0.4) is 0 Å². The quantitative estimate of drug-likeness (QED) is 0.727. The third-order valence-corrected chi connectivity index (χ3v) is 7.63. The van der Waals surface area contributed by atoms with Crippen molar-refractivity contribution in [2.75, 3.05) is 13.1 Å². The van der Waals surface area contributed by atoms with E-state index in [1.54, 1.807) is 4.90 Å². The van der Waals surface area contributed by atoms with Gasteiger partial charge < -0.3 is 10.6 Å². The van der Waals surface area contributed by atoms with Crippen LogP contribution >= 0.6 is 12.4 Å². The van der Waals surface area contributed by atoms with E-state index in [1.165, 1.54) is 0 Å². The van der Waals surface area contributed by atoms with Gasteiger partial charge in [0.1, 0.15) is 0 Å². The molecule has 1 saturated heterocycles. The van der Waals surface area contributed by atoms with Crippen LogP contribution in [-0.4, -0.2) is 37.6 Å². The number of hydrogen-bond donors (Lipinski definition) is 2. The summed E-state index contributed by atoms with van der Waals surface area (Å²) in [5.74, 6) is 0.252. The normalized spacial score (nSPS) is 21.9. The smallest absolute Gasteiger partial charge is 0.225 e. The highest BCUT2D eigenvalue weighted by Crippen LogP contribution is 2.28. The molecule has 0 spiro atoms. The summed E-state index contributed by atoms with van der Waals surface area (Å²) >= 11 is 0. The zero-order chi connectivity index (χ0) is 19.4. The molecule has 2 aliphatic rings. The van der Waals surface area contributed by atoms with E-state index < -0.39 is 15.3 Å². The van der Waals surface area contributed by atoms with Crippen LogP contribution in [0.2, 0.25) is 0 Å². The van der Waals surface area contributed by atoms with Crippen molar-refractivity contribution in [3.8, 4) is 0 Å². The van der Waals surface area contributed by atoms with Crippen molar-refractivity contribution in [1.29, 1.82) is 0 Å². The number of amides is 1. The summed E-state index contributed by atoms with van der Waals surface area (Å²) in [6.07, 6.45) is 5.45. The number of hydrogen-bond acceptors (Lipinski definition) is 4. The lowest BCUT2D eigenvalue weighted by Crippen LogP contribution is -2.49. The first-order valence-corrected chi connectivity index (χ1v) is 11.5. The number of nitrogens with one attached hydrogen (secondary N) is 1. The van der Waals surface area contributed by atoms with Gasteiger partial charge in [0.15, 0.2) is 0 Å². The summed E-state index contributed by atoms with van der Waals surface area (Å²) in [5, 5.41) is -0.528. The van der Waals surface area contributed by atoms with E-state index in [4.69, 9.17) is 5.73 Å². The van der Waals surface area contributed by atoms with Gasteiger partial charge in [0.25, 0.3) is 0 Å². The molecule has 1 aliphatic carbocycles. The third-order valence-electron chi connectivity index (χ3n) is 5.82. The highest BCUT2D eigenvalue weighted by molar-refractivity contribution is 7.90. The number of carbonyl (C=O) groups excluding carboxylic acids is 1. The Morgan fingerprint density at radius 2 is 1.82 bits per heavy atom. The Hall–Kier alpha value is -1.15. The van der Waals surface area contributed by atoms with E-state index in [9.17, 15) is 13.2 Å². The number of rotatable bonds is 6. The van der Waals surface area contributed by atoms with Gasteiger partial charge in [-0.15, -0.1) is 12.4 Å². The number of likely N-dealkylation sites (tertiary alicyclic amines) is 1. The first-order valence-electron chi connectivity index (χ1n) is 9.98. The molecule has 158 valence electrons. The summed E-state index contributed by atoms with van der Waals surface area (Å²) in [7, 11) is -3.47. The van der Waals surface area contributed by atoms with Crippen LogP contribution in [0.25, 0.3) is 0 Å². The van der Waals surface area contributed by atoms with Crippen molar-refractivity contribution >= 4 is 28.3 Å². The van der Waals surface area contributed by atoms with E-state index in [2.05, 4.69) is 4.72 Å². The van der Waals surface area contributed by atoms with E-state index in [1.807, 2.05) is 31.2 Å². The number of benzene rings is 1. The Morgan fingerprint density at radius 1 is 1.18 bits per heavy atom. The van der Waals surface area contributed by atoms with Crippen molar-refractivity contribution in [2.24, 2.45) is 11.7 Å². The van der Waals surface area contributed by atoms with Crippen molar-refractivity contribution in [2.45, 2.75) is 63.3 Å². The van der Waals surface area contributed by atoms with Crippen LogP contribution in [0.1, 0.15) is 62.6 Å². The molecule has 0 radical (unpaired) electrons. The SMILES string of the molecule is CC(N)c1ccc(CNS(=O)(=O)C2CCCN(C(=O)C3CCCC3)C2)cc1.Cl. The molecule has 1 saturated carbocycles. The van der Waals surface area contributed by atoms with Gasteiger partial charge in [0.2, 0.25) is 15.9 Å². The lowest BCUT2D eigenvalue weighted by atomic mass is 10.0. The van der Waals surface area contributed by atoms with E-state index in [-0.39, 0.29) is 36.8 Å². The number of nitrogens with zero attached hydrogens (tertiary/aromatic N) is 1. The molecule has 28 heavy (non-hydrogen) atoms. The van der Waals surface area contributed by atoms with Gasteiger partial charge in [-0.25, -0.2) is 13.1 Å². The highest BCUT2D eigenvalue weighted by Gasteiger charge is 2.35. The minimum atomic E-state index is -3.47. The molecule has 1 heterocycles. The summed E-state index contributed by atoms with van der Waals surface area (Å²) < 4.78 is 28.2. The summed E-state index contributed by atoms with van der Waals surface area (Å²) in [6.45, 7) is 3.17. The van der Waals surface area contributed by atoms with Crippen molar-refractivity contribution in [1.82, 2.24) is 9.62 Å². The highest BCUT2D eigenvalue weighted by atomic mass is 35.5. The average molecular weight is 430 g/mol. The van der Waals surface area contributed by atoms with Crippen molar-refractivity contribution < 1.29 is 13.2 Å². The molecule has 1 amide bonds. The summed E-state index contributed by atoms with van der Waals surface area (Å²) in [6, 6.07) is 7.62. The van der Waals surface area contributed by atoms with Crippen LogP contribution in [0.15, 0.2) is 24.3 Å². The van der Waals surface area contributed by atoms with E-state index in [0.29, 0.717) is 19.5 Å². The predicted molar refractivity (Wildman–Crippen MR) is 114 cm³/mol. The molecule has 1 aliphatic heterocycles. The minimum Gasteiger partial charge on any atom is -0.341 e. The van der Waals surface area contributed by atoms with Crippen LogP contribution in [0, 0.1) is 5.92 Å². The first kappa shape index (κ1) is 23.1. The Kier molecular flexibility index (Phi) is 8.30. The first-order chi connectivity index (χ1) is 12.9. The summed E-state index contributed by atoms with van der Waals surface area (Å²) in [5.41, 5.74) is 7.77. The van der Waals surface area contributed by atoms with Gasteiger partial charge in [-0.3, -0.25) is 4.79 Å². The van der Waals surface area contributed by atoms with E-state index in [0.717, 1.165) is 43.2 Å². The molecule has 3 rings (SSSR count). The van der Waals surface area contributed by atoms with Gasteiger partial charge in [0.05, 0.1) is 5.25 Å². The standard InChI is InChI=1S/C20H31N3O3S.ClH/c1-15(21)17-10-8-16(9-11-17)13-22-27(25,26)19-7-4-12-23(14-19)20(24)18-5-2-3-6-18;/h8-11,15,18-19,22H,2-7,12-14,21H2,1H3;1H. The molecule has 2 fully saturated rings. The maximum absolute atomic E-state index is 12.8. The van der Waals surface area contributed by atoms with Gasteiger partial charge >= 0.3 is 0 Å². The molecule has 2 unspecified atom stereocenters. The van der Waals surface area contributed by atoms with Gasteiger partial charge in [-0.1, -0.05) is 37.1 Å². The number of nitrogens with two attached hydrogens (primary N) is 1. The maximum atomic E-state index is 12.8. The number of sulfonamides is 1. The molecular weight excluding hydrogens is 398 g/mol. The van der Waals surface area contributed by atoms with Gasteiger partial charge in [-0.05, 0) is 43.7 Å². The lowest BCUT2D eigenvalue weighted by Gasteiger charge is -2.34. The zero-order valence-electron chi connectivity index (χ0n) is 16.5. The van der Waals surface area contributed by atoms with Crippen LogP contribution < -0.4 is 10.5 Å². The second-order valence-corrected chi connectivity index (χ2v) is 9.97. The Morgan fingerprint density at radius 3 is 2.43 bits per heavy atom. The van der Waals surface area contributed by atoms with Gasteiger partial charge in [-0.2, -0.15) is 0 Å². The van der Waals surface area contributed by atoms with Crippen LogP contribution in [-0.2, 0) is 21.4 Å². The van der Waals surface area contributed by atoms with Crippen molar-refractivity contribution in [3.05, 3.63) is 35.4 Å². The third kappa shape index (κ3) is 5.69. The molecule has 2 atom stereocenters. The van der Waals surface area contributed by atoms with Gasteiger partial charge in [0, 0.05) is 31.6 Å². The van der Waals surface area contributed by atoms with Crippen LogP contribution in [0.5, 0.6) is 0 Å². The van der Waals surface area contributed by atoms with E-state index >= 15 is 0 Å². The lowest BCUT2D eigenvalue weighted by molar-refractivity contribution is -0.136. The average Bonchev–Trinajstić information content (AvgIpc) is 3.21. The fraction of sp³-hybridized carbons (Fsp3) is 0.650. The molecule has 8 heteroatoms. The molecule has 1 aromatic rings. The predicted octanol–water partition coefficient (Wildman–Crippen LogP) is 2.73. The molecule has 0 aromatic heterocycles. The Bertz CT molecular complexity index is 746. The fourth-order valence-electron chi connectivity index (χ4n) is 4.06. The second kappa shape index (κ2) is 10.1. The molecule has 1 aromatic carbocycles. The number of piperidine rings is 1. The fourth-order valence-corrected chi connectivity index (χ4v) is 5.52.